The zero-order chi connectivity index (χ0) is 33.6. The summed E-state index contributed by atoms with van der Waals surface area (Å²) in [7, 11) is 2.44. The van der Waals surface area contributed by atoms with Crippen molar-refractivity contribution >= 4 is 84.0 Å². The predicted molar refractivity (Wildman–Crippen MR) is 218 cm³/mol. The maximum absolute atomic E-state index is 3.93. The number of hydrogen-bond acceptors (Lipinski definition) is 1. The molecular formula is C47H31BN3. The number of aromatic nitrogens is 2. The minimum atomic E-state index is 1.08. The maximum atomic E-state index is 3.93. The van der Waals surface area contributed by atoms with Gasteiger partial charge in [0, 0.05) is 60.8 Å². The van der Waals surface area contributed by atoms with Crippen LogP contribution in [0.4, 0.5) is 11.4 Å². The summed E-state index contributed by atoms with van der Waals surface area (Å²) in [4.78, 5) is 0. The predicted octanol–water partition coefficient (Wildman–Crippen LogP) is 10.7. The SMILES string of the molecule is Cc1ccccc1Nc1ccc2c(c1-c1cc3ccccc3c3c1[B]c1cccc4c5ccccc5n-3c14)c1ccccc1n2-c1ccccc1. The lowest BCUT2D eigenvalue weighted by molar-refractivity contribution is 1.18. The van der Waals surface area contributed by atoms with Crippen LogP contribution < -0.4 is 16.2 Å². The number of para-hydroxylation sites is 5. The monoisotopic (exact) mass is 648 g/mol. The van der Waals surface area contributed by atoms with Crippen molar-refractivity contribution in [2.75, 3.05) is 5.32 Å². The second-order valence-electron chi connectivity index (χ2n) is 13.7. The Morgan fingerprint density at radius 3 is 2.04 bits per heavy atom. The molecule has 1 N–H and O–H groups in total. The Labute approximate surface area is 296 Å². The zero-order valence-corrected chi connectivity index (χ0v) is 28.1. The fraction of sp³-hybridized carbons (Fsp3) is 0.0213. The van der Waals surface area contributed by atoms with E-state index in [1.165, 1.54) is 87.7 Å². The fourth-order valence-electron chi connectivity index (χ4n) is 8.65. The first-order valence-corrected chi connectivity index (χ1v) is 17.6. The molecule has 51 heavy (non-hydrogen) atoms. The quantitative estimate of drug-likeness (QED) is 0.189. The molecule has 2 aromatic heterocycles. The van der Waals surface area contributed by atoms with Crippen LogP contribution in [-0.4, -0.2) is 16.4 Å². The minimum Gasteiger partial charge on any atom is -0.355 e. The van der Waals surface area contributed by atoms with Gasteiger partial charge >= 0.3 is 0 Å². The van der Waals surface area contributed by atoms with E-state index < -0.39 is 0 Å². The number of anilines is 2. The molecule has 3 nitrogen and oxygen atoms in total. The van der Waals surface area contributed by atoms with Gasteiger partial charge in [-0.25, -0.2) is 0 Å². The molecule has 0 saturated heterocycles. The highest BCUT2D eigenvalue weighted by molar-refractivity contribution is 6.74. The molecule has 11 rings (SSSR count). The van der Waals surface area contributed by atoms with E-state index in [9.17, 15) is 0 Å². The van der Waals surface area contributed by atoms with Gasteiger partial charge in [0.15, 0.2) is 7.28 Å². The molecule has 0 spiro atoms. The molecular weight excluding hydrogens is 617 g/mol. The molecule has 0 amide bonds. The summed E-state index contributed by atoms with van der Waals surface area (Å²) in [5, 5.41) is 11.4. The van der Waals surface area contributed by atoms with Gasteiger partial charge < -0.3 is 14.5 Å². The largest absolute Gasteiger partial charge is 0.355 e. The van der Waals surface area contributed by atoms with Crippen molar-refractivity contribution in [1.29, 1.82) is 0 Å². The van der Waals surface area contributed by atoms with Crippen LogP contribution in [0, 0.1) is 6.92 Å². The van der Waals surface area contributed by atoms with E-state index in [0.717, 1.165) is 17.1 Å². The summed E-state index contributed by atoms with van der Waals surface area (Å²) in [6.07, 6.45) is 0. The Morgan fingerprint density at radius 1 is 0.510 bits per heavy atom. The second kappa shape index (κ2) is 10.7. The van der Waals surface area contributed by atoms with Crippen LogP contribution in [-0.2, 0) is 0 Å². The Bertz CT molecular complexity index is 3040. The molecule has 4 heteroatoms. The number of nitrogens with one attached hydrogen (secondary N) is 1. The van der Waals surface area contributed by atoms with Crippen molar-refractivity contribution in [1.82, 2.24) is 9.13 Å². The van der Waals surface area contributed by atoms with Gasteiger partial charge in [0.2, 0.25) is 0 Å². The summed E-state index contributed by atoms with van der Waals surface area (Å²) in [6.45, 7) is 2.17. The molecule has 0 fully saturated rings. The summed E-state index contributed by atoms with van der Waals surface area (Å²) >= 11 is 0. The molecule has 0 atom stereocenters. The molecule has 8 aromatic carbocycles. The summed E-state index contributed by atoms with van der Waals surface area (Å²) in [5.74, 6) is 0. The van der Waals surface area contributed by atoms with E-state index in [1.807, 2.05) is 0 Å². The topological polar surface area (TPSA) is 21.9 Å². The van der Waals surface area contributed by atoms with Gasteiger partial charge in [0.25, 0.3) is 0 Å². The molecule has 0 unspecified atom stereocenters. The van der Waals surface area contributed by atoms with Gasteiger partial charge in [0.05, 0.1) is 16.6 Å². The average molecular weight is 649 g/mol. The van der Waals surface area contributed by atoms with Crippen molar-refractivity contribution in [2.45, 2.75) is 6.92 Å². The molecule has 1 aliphatic heterocycles. The Hall–Kier alpha value is -6.52. The van der Waals surface area contributed by atoms with Gasteiger partial charge in [-0.2, -0.15) is 0 Å². The number of hydrogen-bond donors (Lipinski definition) is 1. The number of nitrogens with zero attached hydrogens (tertiary/aromatic N) is 2. The molecule has 10 aromatic rings. The van der Waals surface area contributed by atoms with E-state index in [-0.39, 0.29) is 0 Å². The average Bonchev–Trinajstić information content (AvgIpc) is 3.70. The van der Waals surface area contributed by atoms with Crippen LogP contribution in [0.15, 0.2) is 164 Å². The van der Waals surface area contributed by atoms with Crippen LogP contribution in [0.5, 0.6) is 0 Å². The number of aryl methyl sites for hydroxylation is 1. The number of fused-ring (bicyclic) bond motifs is 10. The van der Waals surface area contributed by atoms with Crippen LogP contribution in [0.2, 0.25) is 0 Å². The van der Waals surface area contributed by atoms with Gasteiger partial charge in [-0.05, 0) is 77.4 Å². The molecule has 0 aliphatic carbocycles. The number of rotatable bonds is 4. The van der Waals surface area contributed by atoms with Crippen molar-refractivity contribution < 1.29 is 0 Å². The van der Waals surface area contributed by atoms with Crippen LogP contribution in [0.25, 0.3) is 76.9 Å². The molecule has 1 aliphatic rings. The van der Waals surface area contributed by atoms with Gasteiger partial charge in [-0.3, -0.25) is 0 Å². The molecule has 0 saturated carbocycles. The third-order valence-electron chi connectivity index (χ3n) is 10.8. The van der Waals surface area contributed by atoms with Gasteiger partial charge in [-0.1, -0.05) is 121 Å². The first-order chi connectivity index (χ1) is 25.2. The standard InChI is InChI=1S/C47H31BN3/c1-29-14-5-10-23-38(29)49-39-26-27-42-44(35-20-9-12-25-41(35)50(42)31-16-3-2-4-17-31)43(39)36-28-30-15-6-7-18-32(30)47-45(36)48-37-22-13-21-34-33-19-8-11-24-40(33)51(47)46(34)37/h2-28,49H,1H3. The van der Waals surface area contributed by atoms with Crippen LogP contribution in [0.1, 0.15) is 5.56 Å². The Balaban J connectivity index is 1.33. The van der Waals surface area contributed by atoms with Gasteiger partial charge in [0.1, 0.15) is 0 Å². The lowest BCUT2D eigenvalue weighted by Gasteiger charge is -2.27. The highest BCUT2D eigenvalue weighted by Crippen LogP contribution is 2.45. The van der Waals surface area contributed by atoms with Crippen molar-refractivity contribution in [3.63, 3.8) is 0 Å². The van der Waals surface area contributed by atoms with Crippen LogP contribution in [0.3, 0.4) is 0 Å². The van der Waals surface area contributed by atoms with Crippen molar-refractivity contribution in [2.24, 2.45) is 0 Å². The molecule has 0 bridgehead atoms. The van der Waals surface area contributed by atoms with E-state index in [0.29, 0.717) is 0 Å². The first kappa shape index (κ1) is 28.3. The minimum absolute atomic E-state index is 1.08. The Kier molecular flexibility index (Phi) is 5.97. The molecule has 1 radical (unpaired) electrons. The summed E-state index contributed by atoms with van der Waals surface area (Å²) in [5.41, 5.74) is 15.5. The van der Waals surface area contributed by atoms with E-state index in [2.05, 4.69) is 192 Å². The van der Waals surface area contributed by atoms with Crippen molar-refractivity contribution in [3.05, 3.63) is 169 Å². The normalized spacial score (nSPS) is 12.2. The Morgan fingerprint density at radius 2 is 1.20 bits per heavy atom. The smallest absolute Gasteiger partial charge is 0.197 e. The maximum Gasteiger partial charge on any atom is 0.197 e. The third kappa shape index (κ3) is 4.02. The molecule has 237 valence electrons. The van der Waals surface area contributed by atoms with Crippen LogP contribution >= 0.6 is 0 Å². The highest BCUT2D eigenvalue weighted by atomic mass is 15.0. The van der Waals surface area contributed by atoms with E-state index in [4.69, 9.17) is 0 Å². The number of benzene rings is 8. The fourth-order valence-corrected chi connectivity index (χ4v) is 8.65. The third-order valence-corrected chi connectivity index (χ3v) is 10.8. The highest BCUT2D eigenvalue weighted by Gasteiger charge is 2.29. The lowest BCUT2D eigenvalue weighted by Crippen LogP contribution is -2.37. The molecule has 3 heterocycles. The summed E-state index contributed by atoms with van der Waals surface area (Å²) < 4.78 is 4.95. The zero-order valence-electron chi connectivity index (χ0n) is 28.1. The second-order valence-corrected chi connectivity index (χ2v) is 13.7. The lowest BCUT2D eigenvalue weighted by atomic mass is 9.58. The summed E-state index contributed by atoms with van der Waals surface area (Å²) in [6, 6.07) is 59.7. The van der Waals surface area contributed by atoms with E-state index in [1.54, 1.807) is 0 Å². The van der Waals surface area contributed by atoms with Crippen molar-refractivity contribution in [3.8, 4) is 22.5 Å². The van der Waals surface area contributed by atoms with E-state index >= 15 is 0 Å². The first-order valence-electron chi connectivity index (χ1n) is 17.6. The van der Waals surface area contributed by atoms with Gasteiger partial charge in [-0.15, -0.1) is 0 Å².